The van der Waals surface area contributed by atoms with E-state index in [9.17, 15) is 9.59 Å². The fourth-order valence-electron chi connectivity index (χ4n) is 2.67. The highest BCUT2D eigenvalue weighted by molar-refractivity contribution is 5.96. The van der Waals surface area contributed by atoms with Crippen LogP contribution >= 0.6 is 0 Å². The van der Waals surface area contributed by atoms with Gasteiger partial charge in [-0.25, -0.2) is 0 Å². The maximum atomic E-state index is 12.2. The molecule has 0 aromatic carbocycles. The molecule has 1 fully saturated rings. The quantitative estimate of drug-likeness (QED) is 0.863. The lowest BCUT2D eigenvalue weighted by atomic mass is 10.1. The van der Waals surface area contributed by atoms with Gasteiger partial charge in [0.25, 0.3) is 0 Å². The van der Waals surface area contributed by atoms with Gasteiger partial charge in [-0.15, -0.1) is 0 Å². The summed E-state index contributed by atoms with van der Waals surface area (Å²) in [5, 5.41) is 6.83. The second-order valence-corrected chi connectivity index (χ2v) is 5.66. The molecule has 0 spiro atoms. The summed E-state index contributed by atoms with van der Waals surface area (Å²) in [6.07, 6.45) is 6.84. The molecule has 1 aliphatic rings. The van der Waals surface area contributed by atoms with Crippen LogP contribution in [-0.2, 0) is 9.59 Å². The van der Waals surface area contributed by atoms with Gasteiger partial charge in [-0.05, 0) is 19.8 Å². The minimum absolute atomic E-state index is 0.0161. The van der Waals surface area contributed by atoms with Gasteiger partial charge in [-0.2, -0.15) is 0 Å². The van der Waals surface area contributed by atoms with Gasteiger partial charge in [0.05, 0.1) is 0 Å². The number of amides is 2. The molecule has 1 saturated carbocycles. The SMILES string of the molecule is CC(=O)N(CC(=O)NC1CCCCCC1)c1cc(C)on1. The topological polar surface area (TPSA) is 75.4 Å². The van der Waals surface area contributed by atoms with Crippen LogP contribution in [0.3, 0.4) is 0 Å². The first-order valence-electron chi connectivity index (χ1n) is 7.57. The van der Waals surface area contributed by atoms with Crippen molar-refractivity contribution in [2.45, 2.75) is 58.4 Å². The Kier molecular flexibility index (Phi) is 5.36. The predicted molar refractivity (Wildman–Crippen MR) is 78.9 cm³/mol. The van der Waals surface area contributed by atoms with E-state index in [0.29, 0.717) is 11.6 Å². The molecule has 0 saturated heterocycles. The zero-order valence-corrected chi connectivity index (χ0v) is 12.7. The molecular weight excluding hydrogens is 270 g/mol. The third kappa shape index (κ3) is 4.58. The Morgan fingerprint density at radius 3 is 2.52 bits per heavy atom. The summed E-state index contributed by atoms with van der Waals surface area (Å²) in [5.74, 6) is 0.633. The van der Waals surface area contributed by atoms with Gasteiger partial charge in [-0.3, -0.25) is 14.5 Å². The molecule has 0 unspecified atom stereocenters. The number of carbonyl (C=O) groups is 2. The van der Waals surface area contributed by atoms with Crippen LogP contribution in [0.4, 0.5) is 5.82 Å². The number of hydrogen-bond donors (Lipinski definition) is 1. The second-order valence-electron chi connectivity index (χ2n) is 5.66. The van der Waals surface area contributed by atoms with Crippen LogP contribution in [0.5, 0.6) is 0 Å². The fourth-order valence-corrected chi connectivity index (χ4v) is 2.67. The molecule has 1 aromatic heterocycles. The Balaban J connectivity index is 1.93. The van der Waals surface area contributed by atoms with Crippen molar-refractivity contribution in [3.05, 3.63) is 11.8 Å². The normalized spacial score (nSPS) is 16.3. The van der Waals surface area contributed by atoms with Crippen LogP contribution in [0.15, 0.2) is 10.6 Å². The maximum absolute atomic E-state index is 12.2. The standard InChI is InChI=1S/C15H23N3O3/c1-11-9-14(17-21-11)18(12(2)19)10-15(20)16-13-7-5-3-4-6-8-13/h9,13H,3-8,10H2,1-2H3,(H,16,20). The molecule has 1 heterocycles. The highest BCUT2D eigenvalue weighted by atomic mass is 16.5. The van der Waals surface area contributed by atoms with E-state index in [4.69, 9.17) is 4.52 Å². The Morgan fingerprint density at radius 1 is 1.33 bits per heavy atom. The Hall–Kier alpha value is -1.85. The minimum Gasteiger partial charge on any atom is -0.360 e. The first kappa shape index (κ1) is 15.5. The van der Waals surface area contributed by atoms with Gasteiger partial charge in [0, 0.05) is 19.0 Å². The summed E-state index contributed by atoms with van der Waals surface area (Å²) in [7, 11) is 0. The number of aryl methyl sites for hydroxylation is 1. The van der Waals surface area contributed by atoms with Gasteiger partial charge in [0.15, 0.2) is 5.82 Å². The maximum Gasteiger partial charge on any atom is 0.240 e. The molecule has 6 heteroatoms. The molecule has 0 bridgehead atoms. The van der Waals surface area contributed by atoms with Gasteiger partial charge in [0.2, 0.25) is 11.8 Å². The minimum atomic E-state index is -0.223. The number of rotatable bonds is 4. The molecule has 21 heavy (non-hydrogen) atoms. The molecule has 1 N–H and O–H groups in total. The molecule has 2 rings (SSSR count). The highest BCUT2D eigenvalue weighted by Crippen LogP contribution is 2.18. The van der Waals surface area contributed by atoms with E-state index in [1.54, 1.807) is 13.0 Å². The van der Waals surface area contributed by atoms with Crippen molar-refractivity contribution in [1.82, 2.24) is 10.5 Å². The van der Waals surface area contributed by atoms with Gasteiger partial charge in [-0.1, -0.05) is 30.8 Å². The van der Waals surface area contributed by atoms with Crippen molar-refractivity contribution in [2.75, 3.05) is 11.4 Å². The summed E-state index contributed by atoms with van der Waals surface area (Å²) in [5.41, 5.74) is 0. The van der Waals surface area contributed by atoms with Crippen LogP contribution in [0.25, 0.3) is 0 Å². The molecule has 6 nitrogen and oxygen atoms in total. The van der Waals surface area contributed by atoms with Gasteiger partial charge < -0.3 is 9.84 Å². The molecule has 1 aromatic rings. The van der Waals surface area contributed by atoms with Gasteiger partial charge in [0.1, 0.15) is 12.3 Å². The third-order valence-corrected chi connectivity index (χ3v) is 3.79. The predicted octanol–water partition coefficient (Wildman–Crippen LogP) is 2.17. The summed E-state index contributed by atoms with van der Waals surface area (Å²) in [6, 6.07) is 1.88. The number of nitrogens with zero attached hydrogens (tertiary/aromatic N) is 2. The van der Waals surface area contributed by atoms with E-state index in [0.717, 1.165) is 25.7 Å². The first-order chi connectivity index (χ1) is 10.1. The molecule has 1 aliphatic carbocycles. The Labute approximate surface area is 124 Å². The van der Waals surface area contributed by atoms with E-state index in [1.165, 1.54) is 24.7 Å². The number of carbonyl (C=O) groups excluding carboxylic acids is 2. The number of aromatic nitrogens is 1. The zero-order chi connectivity index (χ0) is 15.2. The number of anilines is 1. The lowest BCUT2D eigenvalue weighted by Crippen LogP contribution is -2.43. The average molecular weight is 293 g/mol. The van der Waals surface area contributed by atoms with Crippen LogP contribution in [0.1, 0.15) is 51.2 Å². The van der Waals surface area contributed by atoms with Crippen molar-refractivity contribution < 1.29 is 14.1 Å². The summed E-state index contributed by atoms with van der Waals surface area (Å²) < 4.78 is 4.97. The summed E-state index contributed by atoms with van der Waals surface area (Å²) in [6.45, 7) is 3.15. The molecular formula is C15H23N3O3. The van der Waals surface area contributed by atoms with Crippen molar-refractivity contribution in [1.29, 1.82) is 0 Å². The lowest BCUT2D eigenvalue weighted by Gasteiger charge is -2.20. The van der Waals surface area contributed by atoms with Gasteiger partial charge >= 0.3 is 0 Å². The monoisotopic (exact) mass is 293 g/mol. The number of nitrogens with one attached hydrogen (secondary N) is 1. The molecule has 0 aliphatic heterocycles. The van der Waals surface area contributed by atoms with E-state index in [-0.39, 0.29) is 24.4 Å². The van der Waals surface area contributed by atoms with Crippen LogP contribution in [0, 0.1) is 6.92 Å². The van der Waals surface area contributed by atoms with Crippen LogP contribution in [0.2, 0.25) is 0 Å². The molecule has 116 valence electrons. The van der Waals surface area contributed by atoms with E-state index in [2.05, 4.69) is 10.5 Å². The summed E-state index contributed by atoms with van der Waals surface area (Å²) >= 11 is 0. The Bertz CT molecular complexity index is 490. The average Bonchev–Trinajstić information content (AvgIpc) is 2.69. The third-order valence-electron chi connectivity index (χ3n) is 3.79. The van der Waals surface area contributed by atoms with Crippen LogP contribution in [-0.4, -0.2) is 29.6 Å². The lowest BCUT2D eigenvalue weighted by molar-refractivity contribution is -0.123. The Morgan fingerprint density at radius 2 is 2.00 bits per heavy atom. The van der Waals surface area contributed by atoms with Crippen molar-refractivity contribution in [2.24, 2.45) is 0 Å². The first-order valence-corrected chi connectivity index (χ1v) is 7.57. The van der Waals surface area contributed by atoms with Crippen molar-refractivity contribution in [3.63, 3.8) is 0 Å². The van der Waals surface area contributed by atoms with Crippen molar-refractivity contribution >= 4 is 17.6 Å². The zero-order valence-electron chi connectivity index (χ0n) is 12.7. The fraction of sp³-hybridized carbons (Fsp3) is 0.667. The molecule has 0 atom stereocenters. The largest absolute Gasteiger partial charge is 0.360 e. The van der Waals surface area contributed by atoms with E-state index >= 15 is 0 Å². The van der Waals surface area contributed by atoms with E-state index in [1.807, 2.05) is 0 Å². The molecule has 0 radical (unpaired) electrons. The van der Waals surface area contributed by atoms with Crippen LogP contribution < -0.4 is 10.2 Å². The molecule has 2 amide bonds. The highest BCUT2D eigenvalue weighted by Gasteiger charge is 2.21. The smallest absolute Gasteiger partial charge is 0.240 e. The van der Waals surface area contributed by atoms with E-state index < -0.39 is 0 Å². The second kappa shape index (κ2) is 7.24. The summed E-state index contributed by atoms with van der Waals surface area (Å²) in [4.78, 5) is 25.2. The van der Waals surface area contributed by atoms with Crippen molar-refractivity contribution in [3.8, 4) is 0 Å². The number of hydrogen-bond acceptors (Lipinski definition) is 4.